The fourth-order valence-corrected chi connectivity index (χ4v) is 1.27. The summed E-state index contributed by atoms with van der Waals surface area (Å²) in [5, 5.41) is 0. The van der Waals surface area contributed by atoms with Gasteiger partial charge in [0.05, 0.1) is 5.56 Å². The smallest absolute Gasteiger partial charge is 0.383 e. The first-order valence-electron chi connectivity index (χ1n) is 4.11. The number of nitrogens with zero attached hydrogens (tertiary/aromatic N) is 1. The van der Waals surface area contributed by atoms with Gasteiger partial charge in [0.2, 0.25) is 0 Å². The molecule has 0 unspecified atom stereocenters. The standard InChI is InChI=1S/C8H8F5N3/c9-6(10)5-3(1-14)7(15)16-2-4(5)8(11,12)13/h2,6H,1,14H2,(H2,15,16). The van der Waals surface area contributed by atoms with Crippen LogP contribution in [0.4, 0.5) is 27.8 Å². The van der Waals surface area contributed by atoms with E-state index in [-0.39, 0.29) is 6.20 Å². The predicted molar refractivity (Wildman–Crippen MR) is 46.5 cm³/mol. The first-order chi connectivity index (χ1) is 7.29. The molecule has 1 heterocycles. The highest BCUT2D eigenvalue weighted by atomic mass is 19.4. The molecule has 3 nitrogen and oxygen atoms in total. The van der Waals surface area contributed by atoms with E-state index in [1.807, 2.05) is 0 Å². The van der Waals surface area contributed by atoms with Crippen molar-refractivity contribution < 1.29 is 22.0 Å². The van der Waals surface area contributed by atoms with E-state index in [1.165, 1.54) is 0 Å². The fourth-order valence-electron chi connectivity index (χ4n) is 1.27. The quantitative estimate of drug-likeness (QED) is 0.779. The molecule has 8 heteroatoms. The summed E-state index contributed by atoms with van der Waals surface area (Å²) in [5.41, 5.74) is 7.11. The number of nitrogens with two attached hydrogens (primary N) is 2. The van der Waals surface area contributed by atoms with E-state index in [2.05, 4.69) is 4.98 Å². The molecular weight excluding hydrogens is 233 g/mol. The monoisotopic (exact) mass is 241 g/mol. The van der Waals surface area contributed by atoms with E-state index in [0.717, 1.165) is 0 Å². The molecule has 0 fully saturated rings. The molecule has 1 aromatic heterocycles. The molecule has 4 N–H and O–H groups in total. The topological polar surface area (TPSA) is 64.9 Å². The number of aromatic nitrogens is 1. The Hall–Kier alpha value is -1.44. The average Bonchev–Trinajstić information content (AvgIpc) is 2.14. The molecule has 0 saturated heterocycles. The minimum absolute atomic E-state index is 0.288. The highest BCUT2D eigenvalue weighted by molar-refractivity contribution is 5.49. The van der Waals surface area contributed by atoms with E-state index < -0.39 is 41.7 Å². The third kappa shape index (κ3) is 2.21. The van der Waals surface area contributed by atoms with Gasteiger partial charge in [0.1, 0.15) is 5.82 Å². The van der Waals surface area contributed by atoms with E-state index in [9.17, 15) is 22.0 Å². The maximum atomic E-state index is 12.5. The molecule has 0 aliphatic rings. The van der Waals surface area contributed by atoms with Crippen molar-refractivity contribution in [2.45, 2.75) is 19.1 Å². The zero-order chi connectivity index (χ0) is 12.5. The van der Waals surface area contributed by atoms with E-state index in [0.29, 0.717) is 0 Å². The van der Waals surface area contributed by atoms with Crippen LogP contribution in [0.1, 0.15) is 23.1 Å². The Morgan fingerprint density at radius 1 is 1.31 bits per heavy atom. The number of hydrogen-bond donors (Lipinski definition) is 2. The van der Waals surface area contributed by atoms with Crippen LogP contribution in [0.3, 0.4) is 0 Å². The van der Waals surface area contributed by atoms with Crippen LogP contribution in [0.2, 0.25) is 0 Å². The van der Waals surface area contributed by atoms with Crippen molar-refractivity contribution in [3.8, 4) is 0 Å². The summed E-state index contributed by atoms with van der Waals surface area (Å²) in [6.07, 6.45) is -7.92. The number of hydrogen-bond acceptors (Lipinski definition) is 3. The van der Waals surface area contributed by atoms with Crippen LogP contribution in [-0.4, -0.2) is 4.98 Å². The Morgan fingerprint density at radius 3 is 2.25 bits per heavy atom. The molecule has 0 aliphatic carbocycles. The average molecular weight is 241 g/mol. The molecule has 0 amide bonds. The van der Waals surface area contributed by atoms with Crippen LogP contribution in [0.5, 0.6) is 0 Å². The van der Waals surface area contributed by atoms with Gasteiger partial charge in [-0.2, -0.15) is 13.2 Å². The second kappa shape index (κ2) is 4.20. The maximum Gasteiger partial charge on any atom is 0.418 e. The minimum Gasteiger partial charge on any atom is -0.383 e. The van der Waals surface area contributed by atoms with E-state index in [4.69, 9.17) is 11.5 Å². The lowest BCUT2D eigenvalue weighted by atomic mass is 10.0. The van der Waals surface area contributed by atoms with Crippen molar-refractivity contribution in [2.24, 2.45) is 5.73 Å². The summed E-state index contributed by atoms with van der Waals surface area (Å²) >= 11 is 0. The Labute approximate surface area is 87.3 Å². The molecule has 0 radical (unpaired) electrons. The lowest BCUT2D eigenvalue weighted by molar-refractivity contribution is -0.139. The summed E-state index contributed by atoms with van der Waals surface area (Å²) in [4.78, 5) is 3.20. The molecule has 0 aromatic carbocycles. The number of rotatable bonds is 2. The van der Waals surface area contributed by atoms with Gasteiger partial charge in [0.25, 0.3) is 6.43 Å². The molecule has 0 saturated carbocycles. The summed E-state index contributed by atoms with van der Waals surface area (Å²) in [7, 11) is 0. The number of nitrogen functional groups attached to an aromatic ring is 1. The molecule has 1 rings (SSSR count). The van der Waals surface area contributed by atoms with Gasteiger partial charge < -0.3 is 11.5 Å². The zero-order valence-corrected chi connectivity index (χ0v) is 7.85. The summed E-state index contributed by atoms with van der Waals surface area (Å²) < 4.78 is 62.3. The Kier molecular flexibility index (Phi) is 3.32. The molecule has 0 atom stereocenters. The summed E-state index contributed by atoms with van der Waals surface area (Å²) in [6.45, 7) is -0.525. The summed E-state index contributed by atoms with van der Waals surface area (Å²) in [6, 6.07) is 0. The molecule has 0 bridgehead atoms. The first kappa shape index (κ1) is 12.6. The molecule has 0 spiro atoms. The van der Waals surface area contributed by atoms with E-state index in [1.54, 1.807) is 0 Å². The van der Waals surface area contributed by atoms with Crippen molar-refractivity contribution in [2.75, 3.05) is 5.73 Å². The number of halogens is 5. The summed E-state index contributed by atoms with van der Waals surface area (Å²) in [5.74, 6) is -0.411. The molecule has 16 heavy (non-hydrogen) atoms. The van der Waals surface area contributed by atoms with Crippen LogP contribution in [0, 0.1) is 0 Å². The third-order valence-corrected chi connectivity index (χ3v) is 1.98. The van der Waals surface area contributed by atoms with Crippen LogP contribution >= 0.6 is 0 Å². The highest BCUT2D eigenvalue weighted by Gasteiger charge is 2.38. The van der Waals surface area contributed by atoms with Crippen molar-refractivity contribution in [1.82, 2.24) is 4.98 Å². The normalized spacial score (nSPS) is 12.2. The number of anilines is 1. The molecule has 90 valence electrons. The molecular formula is C8H8F5N3. The van der Waals surface area contributed by atoms with Crippen molar-refractivity contribution in [1.29, 1.82) is 0 Å². The van der Waals surface area contributed by atoms with Crippen molar-refractivity contribution in [3.05, 3.63) is 22.9 Å². The Morgan fingerprint density at radius 2 is 1.88 bits per heavy atom. The van der Waals surface area contributed by atoms with Crippen molar-refractivity contribution >= 4 is 5.82 Å². The van der Waals surface area contributed by atoms with Gasteiger partial charge in [0, 0.05) is 23.9 Å². The van der Waals surface area contributed by atoms with E-state index >= 15 is 0 Å². The van der Waals surface area contributed by atoms with Crippen LogP contribution in [0.25, 0.3) is 0 Å². The second-order valence-corrected chi connectivity index (χ2v) is 2.95. The Balaban J connectivity index is 3.52. The fraction of sp³-hybridized carbons (Fsp3) is 0.375. The van der Waals surface area contributed by atoms with Gasteiger partial charge in [0.15, 0.2) is 0 Å². The third-order valence-electron chi connectivity index (χ3n) is 1.98. The first-order valence-corrected chi connectivity index (χ1v) is 4.11. The van der Waals surface area contributed by atoms with Gasteiger partial charge in [-0.25, -0.2) is 13.8 Å². The Bertz CT molecular complexity index is 388. The van der Waals surface area contributed by atoms with Crippen LogP contribution in [0.15, 0.2) is 6.20 Å². The van der Waals surface area contributed by atoms with Crippen LogP contribution < -0.4 is 11.5 Å². The lowest BCUT2D eigenvalue weighted by Gasteiger charge is -2.16. The lowest BCUT2D eigenvalue weighted by Crippen LogP contribution is -2.16. The second-order valence-electron chi connectivity index (χ2n) is 2.95. The minimum atomic E-state index is -4.91. The predicted octanol–water partition coefficient (Wildman–Crippen LogP) is 2.08. The number of pyridine rings is 1. The van der Waals surface area contributed by atoms with Gasteiger partial charge in [-0.1, -0.05) is 0 Å². The number of alkyl halides is 5. The molecule has 1 aromatic rings. The van der Waals surface area contributed by atoms with Crippen molar-refractivity contribution in [3.63, 3.8) is 0 Å². The van der Waals surface area contributed by atoms with Gasteiger partial charge in [-0.05, 0) is 0 Å². The highest BCUT2D eigenvalue weighted by Crippen LogP contribution is 2.38. The zero-order valence-electron chi connectivity index (χ0n) is 7.85. The SMILES string of the molecule is NCc1c(N)ncc(C(F)(F)F)c1C(F)F. The largest absolute Gasteiger partial charge is 0.418 e. The van der Waals surface area contributed by atoms with Crippen LogP contribution in [-0.2, 0) is 12.7 Å². The van der Waals surface area contributed by atoms with Gasteiger partial charge >= 0.3 is 6.18 Å². The maximum absolute atomic E-state index is 12.5. The molecule has 0 aliphatic heterocycles. The van der Waals surface area contributed by atoms with Gasteiger partial charge in [-0.15, -0.1) is 0 Å². The van der Waals surface area contributed by atoms with Gasteiger partial charge in [-0.3, -0.25) is 0 Å².